The Balaban J connectivity index is 1.42. The number of nitrogens with zero attached hydrogens (tertiary/aromatic N) is 3. The van der Waals surface area contributed by atoms with Gasteiger partial charge < -0.3 is 4.42 Å². The summed E-state index contributed by atoms with van der Waals surface area (Å²) in [4.78, 5) is 2.38. The Morgan fingerprint density at radius 3 is 2.79 bits per heavy atom. The van der Waals surface area contributed by atoms with E-state index in [1.54, 1.807) is 0 Å². The molecule has 1 atom stereocenters. The molecular formula is C19H18BrN3O. The minimum Gasteiger partial charge on any atom is -0.419 e. The van der Waals surface area contributed by atoms with Crippen LogP contribution in [0.4, 0.5) is 0 Å². The van der Waals surface area contributed by atoms with E-state index in [2.05, 4.69) is 61.4 Å². The summed E-state index contributed by atoms with van der Waals surface area (Å²) >= 11 is 3.47. The lowest BCUT2D eigenvalue weighted by atomic mass is 9.99. The van der Waals surface area contributed by atoms with Crippen LogP contribution in [0.15, 0.2) is 63.5 Å². The monoisotopic (exact) mass is 383 g/mol. The van der Waals surface area contributed by atoms with E-state index in [1.807, 2.05) is 24.3 Å². The molecule has 0 amide bonds. The summed E-state index contributed by atoms with van der Waals surface area (Å²) in [6, 6.07) is 18.6. The molecular weight excluding hydrogens is 366 g/mol. The smallest absolute Gasteiger partial charge is 0.247 e. The second-order valence-corrected chi connectivity index (χ2v) is 7.06. The van der Waals surface area contributed by atoms with Crippen molar-refractivity contribution >= 4 is 15.9 Å². The van der Waals surface area contributed by atoms with Gasteiger partial charge in [-0.2, -0.15) is 0 Å². The summed E-state index contributed by atoms with van der Waals surface area (Å²) in [7, 11) is 0. The number of hydrogen-bond acceptors (Lipinski definition) is 4. The van der Waals surface area contributed by atoms with E-state index in [1.165, 1.54) is 12.0 Å². The highest BCUT2D eigenvalue weighted by molar-refractivity contribution is 9.10. The molecule has 2 aromatic carbocycles. The maximum atomic E-state index is 5.84. The summed E-state index contributed by atoms with van der Waals surface area (Å²) in [5.74, 6) is 1.85. The van der Waals surface area contributed by atoms with Gasteiger partial charge in [0.1, 0.15) is 0 Å². The largest absolute Gasteiger partial charge is 0.419 e. The first-order valence-electron chi connectivity index (χ1n) is 8.13. The second-order valence-electron chi connectivity index (χ2n) is 6.14. The predicted octanol–water partition coefficient (Wildman–Crippen LogP) is 4.49. The van der Waals surface area contributed by atoms with E-state index < -0.39 is 0 Å². The highest BCUT2D eigenvalue weighted by atomic mass is 79.9. The van der Waals surface area contributed by atoms with Gasteiger partial charge in [0.25, 0.3) is 0 Å². The van der Waals surface area contributed by atoms with Crippen molar-refractivity contribution < 1.29 is 4.42 Å². The molecule has 1 aliphatic rings. The second kappa shape index (κ2) is 6.87. The molecule has 4 nitrogen and oxygen atoms in total. The number of aromatic nitrogens is 2. The third-order valence-corrected chi connectivity index (χ3v) is 4.93. The average molecular weight is 384 g/mol. The Kier molecular flexibility index (Phi) is 4.45. The van der Waals surface area contributed by atoms with Crippen LogP contribution in [0.3, 0.4) is 0 Å². The van der Waals surface area contributed by atoms with E-state index in [0.29, 0.717) is 24.2 Å². The molecule has 1 aliphatic heterocycles. The molecule has 1 aromatic heterocycles. The van der Waals surface area contributed by atoms with E-state index in [9.17, 15) is 0 Å². The minimum absolute atomic E-state index is 0.574. The van der Waals surface area contributed by atoms with Crippen molar-refractivity contribution in [3.05, 3.63) is 70.5 Å². The van der Waals surface area contributed by atoms with Crippen LogP contribution in [-0.4, -0.2) is 28.2 Å². The molecule has 1 fully saturated rings. The fraction of sp³-hybridized carbons (Fsp3) is 0.263. The highest BCUT2D eigenvalue weighted by Gasteiger charge is 2.25. The summed E-state index contributed by atoms with van der Waals surface area (Å²) in [6.07, 6.45) is 1.18. The van der Waals surface area contributed by atoms with Gasteiger partial charge in [-0.1, -0.05) is 52.3 Å². The molecule has 0 N–H and O–H groups in total. The fourth-order valence-corrected chi connectivity index (χ4v) is 3.62. The number of likely N-dealkylation sites (tertiary alicyclic amines) is 1. The number of halogens is 1. The fourth-order valence-electron chi connectivity index (χ4n) is 3.22. The third kappa shape index (κ3) is 3.42. The van der Waals surface area contributed by atoms with Gasteiger partial charge in [-0.25, -0.2) is 0 Å². The number of hydrogen-bond donors (Lipinski definition) is 0. The van der Waals surface area contributed by atoms with Crippen molar-refractivity contribution in [1.82, 2.24) is 15.1 Å². The quantitative estimate of drug-likeness (QED) is 0.665. The summed E-state index contributed by atoms with van der Waals surface area (Å²) in [5, 5.41) is 8.39. The zero-order valence-electron chi connectivity index (χ0n) is 13.2. The first-order chi connectivity index (χ1) is 11.8. The Morgan fingerprint density at radius 1 is 1.08 bits per heavy atom. The van der Waals surface area contributed by atoms with E-state index >= 15 is 0 Å². The highest BCUT2D eigenvalue weighted by Crippen LogP contribution is 2.28. The molecule has 0 bridgehead atoms. The van der Waals surface area contributed by atoms with Crippen LogP contribution >= 0.6 is 15.9 Å². The summed E-state index contributed by atoms with van der Waals surface area (Å²) in [6.45, 7) is 2.82. The first-order valence-corrected chi connectivity index (χ1v) is 8.93. The molecule has 24 heavy (non-hydrogen) atoms. The minimum atomic E-state index is 0.574. The van der Waals surface area contributed by atoms with Gasteiger partial charge in [-0.3, -0.25) is 4.90 Å². The Hall–Kier alpha value is -1.98. The normalized spacial score (nSPS) is 18.1. The molecule has 3 aromatic rings. The van der Waals surface area contributed by atoms with Crippen molar-refractivity contribution in [2.45, 2.75) is 18.9 Å². The van der Waals surface area contributed by atoms with Gasteiger partial charge in [-0.05, 0) is 42.6 Å². The number of rotatable bonds is 4. The van der Waals surface area contributed by atoms with E-state index in [-0.39, 0.29) is 0 Å². The summed E-state index contributed by atoms with van der Waals surface area (Å²) in [5.41, 5.74) is 2.35. The van der Waals surface area contributed by atoms with Crippen LogP contribution < -0.4 is 0 Å². The predicted molar refractivity (Wildman–Crippen MR) is 96.5 cm³/mol. The molecule has 0 saturated carbocycles. The van der Waals surface area contributed by atoms with Gasteiger partial charge in [0.2, 0.25) is 11.8 Å². The van der Waals surface area contributed by atoms with Gasteiger partial charge >= 0.3 is 0 Å². The van der Waals surface area contributed by atoms with Gasteiger partial charge in [0.15, 0.2) is 0 Å². The molecule has 122 valence electrons. The van der Waals surface area contributed by atoms with Gasteiger partial charge in [-0.15, -0.1) is 10.2 Å². The van der Waals surface area contributed by atoms with Gasteiger partial charge in [0, 0.05) is 16.6 Å². The van der Waals surface area contributed by atoms with Crippen LogP contribution in [0, 0.1) is 0 Å². The number of benzene rings is 2. The Labute approximate surface area is 149 Å². The molecule has 0 spiro atoms. The first kappa shape index (κ1) is 15.5. The molecule has 1 saturated heterocycles. The molecule has 0 radical (unpaired) electrons. The van der Waals surface area contributed by atoms with Crippen LogP contribution in [0.5, 0.6) is 0 Å². The summed E-state index contributed by atoms with van der Waals surface area (Å²) < 4.78 is 6.85. The molecule has 1 unspecified atom stereocenters. The average Bonchev–Trinajstić information content (AvgIpc) is 3.26. The topological polar surface area (TPSA) is 42.2 Å². The lowest BCUT2D eigenvalue weighted by Crippen LogP contribution is -2.19. The zero-order valence-corrected chi connectivity index (χ0v) is 14.8. The van der Waals surface area contributed by atoms with Crippen molar-refractivity contribution in [1.29, 1.82) is 0 Å². The molecule has 5 heteroatoms. The van der Waals surface area contributed by atoms with E-state index in [0.717, 1.165) is 23.1 Å². The molecule has 0 aliphatic carbocycles. The van der Waals surface area contributed by atoms with Crippen LogP contribution in [-0.2, 0) is 6.54 Å². The standard InChI is InChI=1S/C19H18BrN3O/c20-17-8-4-7-15(11-17)19-22-21-18(24-19)13-23-10-9-16(12-23)14-5-2-1-3-6-14/h1-8,11,16H,9-10,12-13H2. The van der Waals surface area contributed by atoms with Crippen molar-refractivity contribution in [3.8, 4) is 11.5 Å². The van der Waals surface area contributed by atoms with E-state index in [4.69, 9.17) is 4.42 Å². The van der Waals surface area contributed by atoms with Crippen molar-refractivity contribution in [2.75, 3.05) is 13.1 Å². The lowest BCUT2D eigenvalue weighted by molar-refractivity contribution is 0.289. The van der Waals surface area contributed by atoms with Crippen molar-refractivity contribution in [3.63, 3.8) is 0 Å². The lowest BCUT2D eigenvalue weighted by Gasteiger charge is -2.13. The van der Waals surface area contributed by atoms with Crippen LogP contribution in [0.25, 0.3) is 11.5 Å². The maximum Gasteiger partial charge on any atom is 0.247 e. The van der Waals surface area contributed by atoms with Crippen molar-refractivity contribution in [2.24, 2.45) is 0 Å². The molecule has 4 rings (SSSR count). The third-order valence-electron chi connectivity index (χ3n) is 4.44. The SMILES string of the molecule is Brc1cccc(-c2nnc(CN3CCC(c4ccccc4)C3)o2)c1. The Morgan fingerprint density at radius 2 is 1.96 bits per heavy atom. The maximum absolute atomic E-state index is 5.84. The molecule has 2 heterocycles. The zero-order chi connectivity index (χ0) is 16.4. The van der Waals surface area contributed by atoms with Crippen LogP contribution in [0.1, 0.15) is 23.8 Å². The Bertz CT molecular complexity index is 818. The van der Waals surface area contributed by atoms with Gasteiger partial charge in [0.05, 0.1) is 6.54 Å². The van der Waals surface area contributed by atoms with Crippen LogP contribution in [0.2, 0.25) is 0 Å².